The molecule has 0 bridgehead atoms. The number of ether oxygens (including phenoxy) is 1. The zero-order valence-corrected chi connectivity index (χ0v) is 14.1. The molecule has 4 nitrogen and oxygen atoms in total. The van der Waals surface area contributed by atoms with Crippen molar-refractivity contribution in [1.29, 1.82) is 0 Å². The molecule has 20 heavy (non-hydrogen) atoms. The van der Waals surface area contributed by atoms with Gasteiger partial charge in [0.15, 0.2) is 0 Å². The Balaban J connectivity index is 2.73. The van der Waals surface area contributed by atoms with Gasteiger partial charge in [0.05, 0.1) is 10.6 Å². The maximum absolute atomic E-state index is 12.0. The summed E-state index contributed by atoms with van der Waals surface area (Å²) in [5, 5.41) is 2.88. The van der Waals surface area contributed by atoms with E-state index >= 15 is 0 Å². The van der Waals surface area contributed by atoms with E-state index < -0.39 is 23.5 Å². The fourth-order valence-corrected chi connectivity index (χ4v) is 2.16. The van der Waals surface area contributed by atoms with E-state index in [0.29, 0.717) is 10.6 Å². The van der Waals surface area contributed by atoms with Crippen LogP contribution in [0.1, 0.15) is 38.1 Å². The van der Waals surface area contributed by atoms with Crippen LogP contribution in [-0.2, 0) is 9.53 Å². The predicted molar refractivity (Wildman–Crippen MR) is 81.9 cm³/mol. The van der Waals surface area contributed by atoms with Gasteiger partial charge in [0.1, 0.15) is 11.6 Å². The Kier molecular flexibility index (Phi) is 5.59. The maximum atomic E-state index is 12.0. The Labute approximate surface area is 132 Å². The fourth-order valence-electron chi connectivity index (χ4n) is 1.40. The summed E-state index contributed by atoms with van der Waals surface area (Å²) in [5.41, 5.74) is -0.281. The molecule has 1 atom stereocenters. The van der Waals surface area contributed by atoms with Crippen molar-refractivity contribution in [2.75, 3.05) is 0 Å². The first-order valence-electron chi connectivity index (χ1n) is 6.09. The molecule has 6 heteroatoms. The van der Waals surface area contributed by atoms with Gasteiger partial charge in [-0.25, -0.2) is 4.79 Å². The van der Waals surface area contributed by atoms with Crippen molar-refractivity contribution >= 4 is 39.4 Å². The molecule has 0 heterocycles. The molecule has 110 valence electrons. The van der Waals surface area contributed by atoms with E-state index in [1.807, 2.05) is 0 Å². The molecule has 0 aliphatic carbocycles. The standard InChI is InChI=1S/C14H17BrClNO3/c1-8(13(19)20-14(2,3)4)17-12(18)10-6-5-9(15)7-11(10)16/h5-8H,1-4H3,(H,17,18)/t8-/m0/s1. The number of carbonyl (C=O) groups excluding carboxylic acids is 2. The first-order valence-corrected chi connectivity index (χ1v) is 7.26. The summed E-state index contributed by atoms with van der Waals surface area (Å²) in [6.07, 6.45) is 0. The monoisotopic (exact) mass is 361 g/mol. The largest absolute Gasteiger partial charge is 0.458 e. The number of hydrogen-bond acceptors (Lipinski definition) is 3. The molecule has 0 aliphatic heterocycles. The molecule has 1 amide bonds. The van der Waals surface area contributed by atoms with E-state index in [-0.39, 0.29) is 0 Å². The predicted octanol–water partition coefficient (Wildman–Crippen LogP) is 3.56. The molecule has 0 unspecified atom stereocenters. The molecule has 1 N–H and O–H groups in total. The minimum absolute atomic E-state index is 0.310. The lowest BCUT2D eigenvalue weighted by Crippen LogP contribution is -2.42. The van der Waals surface area contributed by atoms with Crippen molar-refractivity contribution in [2.24, 2.45) is 0 Å². The molecule has 0 saturated heterocycles. The minimum Gasteiger partial charge on any atom is -0.458 e. The number of esters is 1. The molecule has 1 rings (SSSR count). The SMILES string of the molecule is C[C@H](NC(=O)c1ccc(Br)cc1Cl)C(=O)OC(C)(C)C. The summed E-state index contributed by atoms with van der Waals surface area (Å²) in [6.45, 7) is 6.87. The summed E-state index contributed by atoms with van der Waals surface area (Å²) in [5.74, 6) is -0.903. The third-order valence-corrected chi connectivity index (χ3v) is 3.09. The van der Waals surface area contributed by atoms with E-state index in [9.17, 15) is 9.59 Å². The van der Waals surface area contributed by atoms with Crippen LogP contribution in [0.5, 0.6) is 0 Å². The third-order valence-electron chi connectivity index (χ3n) is 2.28. The van der Waals surface area contributed by atoms with Crippen LogP contribution in [-0.4, -0.2) is 23.5 Å². The molecule has 1 aromatic rings. The minimum atomic E-state index is -0.749. The van der Waals surface area contributed by atoms with Crippen LogP contribution >= 0.6 is 27.5 Å². The Morgan fingerprint density at radius 3 is 2.45 bits per heavy atom. The van der Waals surface area contributed by atoms with Gasteiger partial charge in [0.2, 0.25) is 0 Å². The second-order valence-corrected chi connectivity index (χ2v) is 6.68. The average Bonchev–Trinajstić information content (AvgIpc) is 2.26. The van der Waals surface area contributed by atoms with Crippen LogP contribution in [0.25, 0.3) is 0 Å². The molecule has 0 spiro atoms. The van der Waals surface area contributed by atoms with Gasteiger partial charge in [0.25, 0.3) is 5.91 Å². The number of halogens is 2. The average molecular weight is 363 g/mol. The van der Waals surface area contributed by atoms with E-state index in [1.165, 1.54) is 0 Å². The summed E-state index contributed by atoms with van der Waals surface area (Å²) in [4.78, 5) is 23.8. The van der Waals surface area contributed by atoms with Crippen molar-refractivity contribution in [2.45, 2.75) is 39.3 Å². The summed E-state index contributed by atoms with van der Waals surface area (Å²) in [6, 6.07) is 4.17. The van der Waals surface area contributed by atoms with Gasteiger partial charge in [-0.1, -0.05) is 27.5 Å². The highest BCUT2D eigenvalue weighted by Crippen LogP contribution is 2.21. The van der Waals surface area contributed by atoms with Crippen LogP contribution in [0.4, 0.5) is 0 Å². The molecule has 0 radical (unpaired) electrons. The van der Waals surface area contributed by atoms with Gasteiger partial charge in [0, 0.05) is 4.47 Å². The normalized spacial score (nSPS) is 12.7. The molecule has 0 aliphatic rings. The summed E-state index contributed by atoms with van der Waals surface area (Å²) < 4.78 is 5.97. The topological polar surface area (TPSA) is 55.4 Å². The summed E-state index contributed by atoms with van der Waals surface area (Å²) >= 11 is 9.25. The Morgan fingerprint density at radius 1 is 1.35 bits per heavy atom. The van der Waals surface area contributed by atoms with Gasteiger partial charge in [-0.3, -0.25) is 4.79 Å². The number of hydrogen-bond donors (Lipinski definition) is 1. The molecule has 0 aromatic heterocycles. The Hall–Kier alpha value is -1.07. The van der Waals surface area contributed by atoms with Crippen LogP contribution in [0.2, 0.25) is 5.02 Å². The van der Waals surface area contributed by atoms with E-state index in [2.05, 4.69) is 21.2 Å². The van der Waals surface area contributed by atoms with Crippen molar-refractivity contribution in [3.05, 3.63) is 33.3 Å². The molecular formula is C14H17BrClNO3. The first-order chi connectivity index (χ1) is 9.10. The molecule has 0 saturated carbocycles. The van der Waals surface area contributed by atoms with Crippen LogP contribution in [0.15, 0.2) is 22.7 Å². The lowest BCUT2D eigenvalue weighted by atomic mass is 10.2. The van der Waals surface area contributed by atoms with Crippen molar-refractivity contribution in [3.8, 4) is 0 Å². The third kappa shape index (κ3) is 5.13. The van der Waals surface area contributed by atoms with Crippen molar-refractivity contribution in [3.63, 3.8) is 0 Å². The van der Waals surface area contributed by atoms with E-state index in [1.54, 1.807) is 45.9 Å². The van der Waals surface area contributed by atoms with E-state index in [0.717, 1.165) is 4.47 Å². The first kappa shape index (κ1) is 17.0. The van der Waals surface area contributed by atoms with Crippen LogP contribution in [0.3, 0.4) is 0 Å². The van der Waals surface area contributed by atoms with Gasteiger partial charge in [-0.15, -0.1) is 0 Å². The second-order valence-electron chi connectivity index (χ2n) is 5.35. The quantitative estimate of drug-likeness (QED) is 0.836. The highest BCUT2D eigenvalue weighted by Gasteiger charge is 2.23. The van der Waals surface area contributed by atoms with Gasteiger partial charge in [-0.2, -0.15) is 0 Å². The fraction of sp³-hybridized carbons (Fsp3) is 0.429. The number of amides is 1. The van der Waals surface area contributed by atoms with Crippen molar-refractivity contribution in [1.82, 2.24) is 5.32 Å². The van der Waals surface area contributed by atoms with Gasteiger partial charge >= 0.3 is 5.97 Å². The zero-order valence-electron chi connectivity index (χ0n) is 11.8. The Bertz CT molecular complexity index is 526. The summed E-state index contributed by atoms with van der Waals surface area (Å²) in [7, 11) is 0. The highest BCUT2D eigenvalue weighted by molar-refractivity contribution is 9.10. The number of nitrogens with one attached hydrogen (secondary N) is 1. The second kappa shape index (κ2) is 6.59. The lowest BCUT2D eigenvalue weighted by Gasteiger charge is -2.22. The number of carbonyl (C=O) groups is 2. The molecular weight excluding hydrogens is 346 g/mol. The van der Waals surface area contributed by atoms with Gasteiger partial charge < -0.3 is 10.1 Å². The molecule has 1 aromatic carbocycles. The number of benzene rings is 1. The van der Waals surface area contributed by atoms with Crippen molar-refractivity contribution < 1.29 is 14.3 Å². The van der Waals surface area contributed by atoms with Crippen LogP contribution in [0, 0.1) is 0 Å². The highest BCUT2D eigenvalue weighted by atomic mass is 79.9. The van der Waals surface area contributed by atoms with Crippen LogP contribution < -0.4 is 5.32 Å². The van der Waals surface area contributed by atoms with Gasteiger partial charge in [-0.05, 0) is 45.9 Å². The Morgan fingerprint density at radius 2 is 1.95 bits per heavy atom. The maximum Gasteiger partial charge on any atom is 0.328 e. The molecule has 0 fully saturated rings. The van der Waals surface area contributed by atoms with E-state index in [4.69, 9.17) is 16.3 Å². The zero-order chi connectivity index (χ0) is 15.5. The number of rotatable bonds is 3. The lowest BCUT2D eigenvalue weighted by molar-refractivity contribution is -0.156. The smallest absolute Gasteiger partial charge is 0.328 e.